The number of amides is 2. The first kappa shape index (κ1) is 26.4. The summed E-state index contributed by atoms with van der Waals surface area (Å²) in [6.45, 7) is 3.93. The second-order valence-electron chi connectivity index (χ2n) is 6.38. The van der Waals surface area contributed by atoms with Crippen LogP contribution in [0.5, 0.6) is 11.5 Å². The van der Waals surface area contributed by atoms with Crippen molar-refractivity contribution in [3.05, 3.63) is 50.6 Å². The Balaban J connectivity index is 1.95. The maximum atomic E-state index is 12.0. The Labute approximate surface area is 209 Å². The predicted octanol–water partition coefficient (Wildman–Crippen LogP) is 3.76. The average molecular weight is 588 g/mol. The van der Waals surface area contributed by atoms with Gasteiger partial charge in [-0.25, -0.2) is 10.2 Å². The highest BCUT2D eigenvalue weighted by Crippen LogP contribution is 2.34. The van der Waals surface area contributed by atoms with E-state index in [9.17, 15) is 14.4 Å². The van der Waals surface area contributed by atoms with Gasteiger partial charge in [0.05, 0.1) is 23.0 Å². The van der Waals surface area contributed by atoms with Crippen LogP contribution in [-0.4, -0.2) is 43.8 Å². The molecule has 0 fully saturated rings. The van der Waals surface area contributed by atoms with Crippen LogP contribution in [0.2, 0.25) is 5.02 Å². The van der Waals surface area contributed by atoms with Crippen LogP contribution < -0.4 is 20.2 Å². The Morgan fingerprint density at radius 1 is 1.06 bits per heavy atom. The largest absolute Gasteiger partial charge is 0.490 e. The van der Waals surface area contributed by atoms with Crippen LogP contribution in [0, 0.1) is 3.57 Å². The minimum Gasteiger partial charge on any atom is -0.490 e. The second kappa shape index (κ2) is 13.6. The van der Waals surface area contributed by atoms with Crippen LogP contribution in [-0.2, 0) is 19.1 Å². The number of hydrogen-bond donors (Lipinski definition) is 2. The predicted molar refractivity (Wildman–Crippen MR) is 133 cm³/mol. The van der Waals surface area contributed by atoms with Crippen LogP contribution in [0.25, 0.3) is 0 Å². The molecule has 0 radical (unpaired) electrons. The van der Waals surface area contributed by atoms with Crippen molar-refractivity contribution in [3.8, 4) is 11.5 Å². The first-order valence-corrected chi connectivity index (χ1v) is 11.4. The molecule has 0 aromatic heterocycles. The van der Waals surface area contributed by atoms with Crippen molar-refractivity contribution in [1.82, 2.24) is 5.43 Å². The van der Waals surface area contributed by atoms with Gasteiger partial charge in [-0.05, 0) is 78.4 Å². The second-order valence-corrected chi connectivity index (χ2v) is 7.98. The molecule has 0 atom stereocenters. The number of hydrazone groups is 1. The summed E-state index contributed by atoms with van der Waals surface area (Å²) in [5, 5.41) is 7.03. The molecule has 0 saturated heterocycles. The summed E-state index contributed by atoms with van der Waals surface area (Å²) in [6.07, 6.45) is 1.01. The number of nitrogens with one attached hydrogen (secondary N) is 2. The van der Waals surface area contributed by atoms with Crippen molar-refractivity contribution >= 4 is 63.9 Å². The first-order valence-electron chi connectivity index (χ1n) is 9.94. The highest BCUT2D eigenvalue weighted by atomic mass is 127. The maximum absolute atomic E-state index is 12.0. The fourth-order valence-corrected chi connectivity index (χ4v) is 3.41. The molecule has 2 rings (SSSR count). The molecular formula is C22H23ClIN3O6. The number of hydrogen-bond acceptors (Lipinski definition) is 7. The third kappa shape index (κ3) is 9.26. The third-order valence-electron chi connectivity index (χ3n) is 3.82. The van der Waals surface area contributed by atoms with Gasteiger partial charge in [0, 0.05) is 10.7 Å². The number of carbonyl (C=O) groups is 3. The molecule has 0 heterocycles. The molecule has 0 spiro atoms. The van der Waals surface area contributed by atoms with E-state index in [0.29, 0.717) is 37.9 Å². The lowest BCUT2D eigenvalue weighted by Crippen LogP contribution is -2.24. The smallest absolute Gasteiger partial charge is 0.344 e. The summed E-state index contributed by atoms with van der Waals surface area (Å²) in [7, 11) is 0. The average Bonchev–Trinajstić information content (AvgIpc) is 2.75. The number of rotatable bonds is 11. The summed E-state index contributed by atoms with van der Waals surface area (Å²) in [4.78, 5) is 35.5. The summed E-state index contributed by atoms with van der Waals surface area (Å²) in [5.41, 5.74) is 3.46. The van der Waals surface area contributed by atoms with E-state index in [1.165, 1.54) is 6.21 Å². The summed E-state index contributed by atoms with van der Waals surface area (Å²) in [5.74, 6) is -0.716. The molecule has 11 heteroatoms. The molecule has 9 nitrogen and oxygen atoms in total. The van der Waals surface area contributed by atoms with Gasteiger partial charge in [0.1, 0.15) is 6.42 Å². The quantitative estimate of drug-likeness (QED) is 0.136. The zero-order valence-corrected chi connectivity index (χ0v) is 20.9. The molecule has 0 saturated carbocycles. The topological polar surface area (TPSA) is 115 Å². The third-order valence-corrected chi connectivity index (χ3v) is 4.88. The number of esters is 1. The van der Waals surface area contributed by atoms with E-state index in [1.54, 1.807) is 43.3 Å². The highest BCUT2D eigenvalue weighted by molar-refractivity contribution is 14.1. The molecule has 0 unspecified atom stereocenters. The fourth-order valence-electron chi connectivity index (χ4n) is 2.50. The van der Waals surface area contributed by atoms with Crippen molar-refractivity contribution in [2.24, 2.45) is 5.10 Å². The van der Waals surface area contributed by atoms with Gasteiger partial charge in [-0.3, -0.25) is 9.59 Å². The number of nitrogens with zero attached hydrogens (tertiary/aromatic N) is 1. The van der Waals surface area contributed by atoms with Crippen molar-refractivity contribution in [2.45, 2.75) is 20.3 Å². The molecule has 2 aromatic carbocycles. The Morgan fingerprint density at radius 2 is 1.79 bits per heavy atom. The first-order chi connectivity index (χ1) is 15.8. The van der Waals surface area contributed by atoms with E-state index < -0.39 is 24.2 Å². The van der Waals surface area contributed by atoms with Crippen molar-refractivity contribution < 1.29 is 28.6 Å². The SMILES string of the molecule is CCOC(=O)COc1c(I)cc(C=NNC(=O)CC(=O)Nc2ccc(Cl)cc2)cc1OCC. The molecule has 176 valence electrons. The van der Waals surface area contributed by atoms with Gasteiger partial charge in [-0.1, -0.05) is 11.6 Å². The van der Waals surface area contributed by atoms with Crippen molar-refractivity contribution in [2.75, 3.05) is 25.1 Å². The zero-order chi connectivity index (χ0) is 24.2. The van der Waals surface area contributed by atoms with E-state index in [0.717, 1.165) is 0 Å². The lowest BCUT2D eigenvalue weighted by molar-refractivity contribution is -0.145. The maximum Gasteiger partial charge on any atom is 0.344 e. The number of ether oxygens (including phenoxy) is 3. The van der Waals surface area contributed by atoms with E-state index in [2.05, 4.69) is 15.8 Å². The van der Waals surface area contributed by atoms with Gasteiger partial charge in [-0.2, -0.15) is 5.10 Å². The monoisotopic (exact) mass is 587 g/mol. The van der Waals surface area contributed by atoms with Gasteiger partial charge in [0.2, 0.25) is 11.8 Å². The van der Waals surface area contributed by atoms with Crippen molar-refractivity contribution in [3.63, 3.8) is 0 Å². The molecule has 0 aliphatic carbocycles. The summed E-state index contributed by atoms with van der Waals surface area (Å²) >= 11 is 7.84. The van der Waals surface area contributed by atoms with Crippen molar-refractivity contribution in [1.29, 1.82) is 0 Å². The Bertz CT molecular complexity index is 1010. The van der Waals surface area contributed by atoms with E-state index >= 15 is 0 Å². The van der Waals surface area contributed by atoms with E-state index in [4.69, 9.17) is 25.8 Å². The van der Waals surface area contributed by atoms with Crippen LogP contribution >= 0.6 is 34.2 Å². The molecule has 2 N–H and O–H groups in total. The molecule has 2 aromatic rings. The van der Waals surface area contributed by atoms with Crippen LogP contribution in [0.1, 0.15) is 25.8 Å². The molecular weight excluding hydrogens is 565 g/mol. The van der Waals surface area contributed by atoms with E-state index in [-0.39, 0.29) is 13.2 Å². The minimum atomic E-state index is -0.577. The summed E-state index contributed by atoms with van der Waals surface area (Å²) in [6, 6.07) is 9.93. The lowest BCUT2D eigenvalue weighted by Gasteiger charge is -2.14. The normalized spacial score (nSPS) is 10.5. The summed E-state index contributed by atoms with van der Waals surface area (Å²) < 4.78 is 16.7. The minimum absolute atomic E-state index is 0.245. The molecule has 0 aliphatic rings. The lowest BCUT2D eigenvalue weighted by atomic mass is 10.2. The number of halogens is 2. The van der Waals surface area contributed by atoms with E-state index in [1.807, 2.05) is 29.5 Å². The zero-order valence-electron chi connectivity index (χ0n) is 18.0. The number of carbonyl (C=O) groups excluding carboxylic acids is 3. The van der Waals surface area contributed by atoms with Gasteiger partial charge < -0.3 is 19.5 Å². The Hall–Kier alpha value is -2.86. The fraction of sp³-hybridized carbons (Fsp3) is 0.273. The molecule has 0 aliphatic heterocycles. The van der Waals surface area contributed by atoms with Gasteiger partial charge in [-0.15, -0.1) is 0 Å². The molecule has 0 bridgehead atoms. The Morgan fingerprint density at radius 3 is 2.45 bits per heavy atom. The standard InChI is InChI=1S/C22H23ClIN3O6/c1-3-31-18-10-14(9-17(24)22(18)33-13-21(30)32-4-2)12-25-27-20(29)11-19(28)26-16-7-5-15(23)6-8-16/h5-10,12H,3-4,11,13H2,1-2H3,(H,26,28)(H,27,29). The molecule has 2 amide bonds. The van der Waals surface area contributed by atoms with Crippen LogP contribution in [0.4, 0.5) is 5.69 Å². The van der Waals surface area contributed by atoms with Gasteiger partial charge >= 0.3 is 5.97 Å². The van der Waals surface area contributed by atoms with Crippen LogP contribution in [0.15, 0.2) is 41.5 Å². The molecule has 33 heavy (non-hydrogen) atoms. The van der Waals surface area contributed by atoms with Gasteiger partial charge in [0.25, 0.3) is 0 Å². The highest BCUT2D eigenvalue weighted by Gasteiger charge is 2.14. The van der Waals surface area contributed by atoms with Gasteiger partial charge in [0.15, 0.2) is 18.1 Å². The van der Waals surface area contributed by atoms with Crippen LogP contribution in [0.3, 0.4) is 0 Å². The Kier molecular flexibility index (Phi) is 10.9. The number of anilines is 1. The number of benzene rings is 2.